The Balaban J connectivity index is 1.63. The first-order valence-electron chi connectivity index (χ1n) is 12.2. The van der Waals surface area contributed by atoms with Crippen molar-refractivity contribution in [1.29, 1.82) is 0 Å². The number of anilines is 1. The molecule has 3 aliphatic rings. The highest BCUT2D eigenvalue weighted by molar-refractivity contribution is 6.32. The molecule has 1 aliphatic heterocycles. The van der Waals surface area contributed by atoms with E-state index in [1.165, 1.54) is 25.7 Å². The minimum atomic E-state index is -0.435. The molecule has 3 atom stereocenters. The molecule has 4 N–H and O–H groups in total. The molecule has 2 aliphatic carbocycles. The van der Waals surface area contributed by atoms with Crippen molar-refractivity contribution in [2.75, 3.05) is 19.5 Å². The number of amidine groups is 1. The summed E-state index contributed by atoms with van der Waals surface area (Å²) in [5, 5.41) is 16.2. The molecule has 2 fully saturated rings. The number of nitrogens with zero attached hydrogens (tertiary/aromatic N) is 4. The van der Waals surface area contributed by atoms with Gasteiger partial charge in [0.15, 0.2) is 6.29 Å². The molecule has 0 saturated heterocycles. The van der Waals surface area contributed by atoms with Gasteiger partial charge in [-0.25, -0.2) is 10.8 Å². The molecule has 3 unspecified atom stereocenters. The lowest BCUT2D eigenvalue weighted by Crippen LogP contribution is -2.60. The van der Waals surface area contributed by atoms with Crippen molar-refractivity contribution < 1.29 is 9.84 Å². The van der Waals surface area contributed by atoms with Crippen LogP contribution in [0.2, 0.25) is 5.02 Å². The Morgan fingerprint density at radius 1 is 1.12 bits per heavy atom. The SMILES string of the molecule is COc1ccc(NC2=NC(N(C)C3CCCCC3O)N(N)C(C3CCCCCC3)=N2)cc1Cl. The van der Waals surface area contributed by atoms with Gasteiger partial charge in [0.05, 0.1) is 18.2 Å². The highest BCUT2D eigenvalue weighted by atomic mass is 35.5. The largest absolute Gasteiger partial charge is 0.495 e. The second-order valence-corrected chi connectivity index (χ2v) is 9.83. The molecule has 182 valence electrons. The lowest BCUT2D eigenvalue weighted by molar-refractivity contribution is -0.0163. The van der Waals surface area contributed by atoms with Crippen LogP contribution in [0.25, 0.3) is 0 Å². The highest BCUT2D eigenvalue weighted by Gasteiger charge is 2.37. The first kappa shape index (κ1) is 24.3. The molecule has 0 amide bonds. The van der Waals surface area contributed by atoms with Crippen LogP contribution < -0.4 is 15.9 Å². The van der Waals surface area contributed by atoms with Crippen molar-refractivity contribution in [2.24, 2.45) is 21.7 Å². The molecule has 0 spiro atoms. The smallest absolute Gasteiger partial charge is 0.227 e. The van der Waals surface area contributed by atoms with Crippen LogP contribution in [-0.4, -0.2) is 59.4 Å². The molecule has 8 nitrogen and oxygen atoms in total. The number of hydrogen-bond donors (Lipinski definition) is 3. The Labute approximate surface area is 201 Å². The van der Waals surface area contributed by atoms with Crippen molar-refractivity contribution in [1.82, 2.24) is 9.91 Å². The number of hydrazine groups is 1. The lowest BCUT2D eigenvalue weighted by Gasteiger charge is -2.43. The molecule has 1 aromatic carbocycles. The molecule has 0 radical (unpaired) electrons. The van der Waals surface area contributed by atoms with Crippen LogP contribution in [0.1, 0.15) is 64.2 Å². The number of rotatable bonds is 5. The van der Waals surface area contributed by atoms with E-state index in [0.29, 0.717) is 22.6 Å². The zero-order chi connectivity index (χ0) is 23.4. The van der Waals surface area contributed by atoms with Crippen LogP contribution in [-0.2, 0) is 0 Å². The Kier molecular flexibility index (Phi) is 8.11. The minimum absolute atomic E-state index is 0.0173. The van der Waals surface area contributed by atoms with Gasteiger partial charge in [0.25, 0.3) is 0 Å². The van der Waals surface area contributed by atoms with Crippen LogP contribution in [0, 0.1) is 5.92 Å². The first-order chi connectivity index (χ1) is 16.0. The Morgan fingerprint density at radius 3 is 2.48 bits per heavy atom. The van der Waals surface area contributed by atoms with Crippen molar-refractivity contribution in [3.8, 4) is 5.75 Å². The quantitative estimate of drug-likeness (QED) is 0.435. The van der Waals surface area contributed by atoms with Gasteiger partial charge in [-0.2, -0.15) is 4.99 Å². The number of nitrogens with one attached hydrogen (secondary N) is 1. The predicted octanol–water partition coefficient (Wildman–Crippen LogP) is 4.19. The molecule has 0 bridgehead atoms. The Bertz CT molecular complexity index is 871. The summed E-state index contributed by atoms with van der Waals surface area (Å²) in [6.45, 7) is 0. The van der Waals surface area contributed by atoms with Gasteiger partial charge in [0, 0.05) is 17.6 Å². The summed E-state index contributed by atoms with van der Waals surface area (Å²) in [6, 6.07) is 5.54. The predicted molar refractivity (Wildman–Crippen MR) is 134 cm³/mol. The van der Waals surface area contributed by atoms with Crippen molar-refractivity contribution in [3.05, 3.63) is 23.2 Å². The zero-order valence-corrected chi connectivity index (χ0v) is 20.5. The molecule has 1 aromatic rings. The summed E-state index contributed by atoms with van der Waals surface area (Å²) in [6.07, 6.45) is 10.2. The minimum Gasteiger partial charge on any atom is -0.495 e. The van der Waals surface area contributed by atoms with Gasteiger partial charge in [-0.15, -0.1) is 0 Å². The molecule has 4 rings (SSSR count). The number of hydrogen-bond acceptors (Lipinski definition) is 8. The van der Waals surface area contributed by atoms with Gasteiger partial charge in [-0.1, -0.05) is 50.1 Å². The summed E-state index contributed by atoms with van der Waals surface area (Å²) in [5.74, 6) is 8.99. The van der Waals surface area contributed by atoms with Gasteiger partial charge in [-0.3, -0.25) is 9.91 Å². The van der Waals surface area contributed by atoms with E-state index in [2.05, 4.69) is 10.2 Å². The third kappa shape index (κ3) is 5.62. The topological polar surface area (TPSA) is 98.7 Å². The van der Waals surface area contributed by atoms with E-state index in [1.807, 2.05) is 25.2 Å². The zero-order valence-electron chi connectivity index (χ0n) is 19.7. The van der Waals surface area contributed by atoms with E-state index in [9.17, 15) is 5.11 Å². The fourth-order valence-electron chi connectivity index (χ4n) is 5.28. The van der Waals surface area contributed by atoms with Crippen molar-refractivity contribution in [3.63, 3.8) is 0 Å². The van der Waals surface area contributed by atoms with E-state index < -0.39 is 6.29 Å². The van der Waals surface area contributed by atoms with Crippen LogP contribution in [0.4, 0.5) is 5.69 Å². The molecule has 2 saturated carbocycles. The number of guanidine groups is 1. The summed E-state index contributed by atoms with van der Waals surface area (Å²) in [7, 11) is 3.60. The molecule has 9 heteroatoms. The number of benzene rings is 1. The molecule has 0 aromatic heterocycles. The van der Waals surface area contributed by atoms with Gasteiger partial charge in [0.2, 0.25) is 5.96 Å². The normalized spacial score (nSPS) is 27.1. The van der Waals surface area contributed by atoms with Gasteiger partial charge in [0.1, 0.15) is 11.6 Å². The maximum Gasteiger partial charge on any atom is 0.227 e. The number of nitrogens with two attached hydrogens (primary N) is 1. The average molecular weight is 477 g/mol. The molecular weight excluding hydrogens is 440 g/mol. The number of aliphatic hydroxyl groups excluding tert-OH is 1. The monoisotopic (exact) mass is 476 g/mol. The molecular formula is C24H37ClN6O2. The van der Waals surface area contributed by atoms with Gasteiger partial charge >= 0.3 is 0 Å². The third-order valence-electron chi connectivity index (χ3n) is 7.18. The van der Waals surface area contributed by atoms with E-state index >= 15 is 0 Å². The molecule has 1 heterocycles. The summed E-state index contributed by atoms with van der Waals surface area (Å²) in [5.41, 5.74) is 0.785. The van der Waals surface area contributed by atoms with E-state index in [-0.39, 0.29) is 12.1 Å². The Hall–Kier alpha value is -1.87. The number of aliphatic imine (C=N–C) groups is 2. The number of ether oxygens (including phenoxy) is 1. The summed E-state index contributed by atoms with van der Waals surface area (Å²) in [4.78, 5) is 11.9. The number of likely N-dealkylation sites (N-methyl/N-ethyl adjacent to an activating group) is 1. The maximum absolute atomic E-state index is 10.7. The fraction of sp³-hybridized carbons (Fsp3) is 0.667. The lowest BCUT2D eigenvalue weighted by atomic mass is 9.91. The summed E-state index contributed by atoms with van der Waals surface area (Å²) >= 11 is 6.33. The van der Waals surface area contributed by atoms with Gasteiger partial charge < -0.3 is 15.2 Å². The maximum atomic E-state index is 10.7. The number of methoxy groups -OCH3 is 1. The second-order valence-electron chi connectivity index (χ2n) is 9.42. The van der Waals surface area contributed by atoms with Gasteiger partial charge in [-0.05, 0) is 50.9 Å². The van der Waals surface area contributed by atoms with E-state index in [1.54, 1.807) is 12.1 Å². The summed E-state index contributed by atoms with van der Waals surface area (Å²) < 4.78 is 5.27. The van der Waals surface area contributed by atoms with Crippen LogP contribution in [0.3, 0.4) is 0 Å². The Morgan fingerprint density at radius 2 is 1.82 bits per heavy atom. The standard InChI is InChI=1S/C24H37ClN6O2/c1-30(19-11-7-8-12-20(19)32)24-29-23(27-17-13-14-21(33-2)18(25)15-17)28-22(31(24)26)16-9-5-3-4-6-10-16/h13-16,19-20,24,32H,3-12,26H2,1-2H3,(H,27,29). The fourth-order valence-corrected chi connectivity index (χ4v) is 5.54. The number of halogens is 1. The third-order valence-corrected chi connectivity index (χ3v) is 7.48. The average Bonchev–Trinajstić information content (AvgIpc) is 3.10. The van der Waals surface area contributed by atoms with E-state index in [0.717, 1.165) is 50.0 Å². The molecule has 33 heavy (non-hydrogen) atoms. The van der Waals surface area contributed by atoms with Crippen LogP contribution in [0.5, 0.6) is 5.75 Å². The van der Waals surface area contributed by atoms with E-state index in [4.69, 9.17) is 32.2 Å². The second kappa shape index (κ2) is 11.0. The number of aliphatic hydroxyl groups is 1. The van der Waals surface area contributed by atoms with Crippen molar-refractivity contribution in [2.45, 2.75) is 82.6 Å². The van der Waals surface area contributed by atoms with Crippen molar-refractivity contribution >= 4 is 29.1 Å². The van der Waals surface area contributed by atoms with Crippen LogP contribution in [0.15, 0.2) is 28.2 Å². The van der Waals surface area contributed by atoms with Crippen LogP contribution >= 0.6 is 11.6 Å². The highest BCUT2D eigenvalue weighted by Crippen LogP contribution is 2.31. The first-order valence-corrected chi connectivity index (χ1v) is 12.6.